The second-order valence-electron chi connectivity index (χ2n) is 9.92. The van der Waals surface area contributed by atoms with Gasteiger partial charge in [-0.05, 0) is 49.6 Å². The number of aliphatic hydroxyl groups excluding tert-OH is 1. The number of fused-ring (bicyclic) bond motifs is 1. The number of aryl methyl sites for hydroxylation is 1. The summed E-state index contributed by atoms with van der Waals surface area (Å²) < 4.78 is 5.64. The monoisotopic (exact) mass is 519 g/mol. The molecule has 38 heavy (non-hydrogen) atoms. The number of H-pyrrole nitrogens is 1. The van der Waals surface area contributed by atoms with Crippen molar-refractivity contribution in [3.05, 3.63) is 59.3 Å². The van der Waals surface area contributed by atoms with Crippen LogP contribution in [0.2, 0.25) is 0 Å². The standard InChI is InChI=1S/C28H38N8O2/c1-5-19(11-12-29)34-26-23(28(3,31)33-15-32-26)24(30)17-9-10-20(22(14-17)38-4)36-27(37)21-13-18-8-6-7-16(2)25(18)35-21/h6-10,13-15,19,23,27,30,35-37H,5,11-12,29,31H2,1-4H3,(H,32,33,34)/p+1. The minimum absolute atomic E-state index is 0.0867. The van der Waals surface area contributed by atoms with Gasteiger partial charge in [-0.3, -0.25) is 9.98 Å². The molecule has 202 valence electrons. The van der Waals surface area contributed by atoms with E-state index in [0.29, 0.717) is 28.5 Å². The lowest BCUT2D eigenvalue weighted by Gasteiger charge is -2.35. The van der Waals surface area contributed by atoms with Crippen molar-refractivity contribution in [2.75, 3.05) is 19.0 Å². The van der Waals surface area contributed by atoms with E-state index >= 15 is 0 Å². The summed E-state index contributed by atoms with van der Waals surface area (Å²) in [4.78, 5) is 12.6. The molecule has 0 aliphatic carbocycles. The number of para-hydroxylation sites is 1. The van der Waals surface area contributed by atoms with Crippen LogP contribution in [0.25, 0.3) is 10.9 Å². The van der Waals surface area contributed by atoms with Crippen LogP contribution in [-0.4, -0.2) is 53.3 Å². The molecule has 4 rings (SSSR count). The van der Waals surface area contributed by atoms with Crippen molar-refractivity contribution in [1.29, 1.82) is 5.41 Å². The molecule has 3 aromatic rings. The first kappa shape index (κ1) is 27.3. The first-order valence-corrected chi connectivity index (χ1v) is 12.9. The predicted molar refractivity (Wildman–Crippen MR) is 153 cm³/mol. The number of rotatable bonds is 10. The number of hydrogen-bond acceptors (Lipinski definition) is 7. The Kier molecular flexibility index (Phi) is 8.15. The minimum atomic E-state index is -1.04. The van der Waals surface area contributed by atoms with E-state index in [1.54, 1.807) is 32.5 Å². The number of benzene rings is 2. The maximum Gasteiger partial charge on any atom is 0.166 e. The second kappa shape index (κ2) is 11.3. The Bertz CT molecular complexity index is 1360. The van der Waals surface area contributed by atoms with E-state index in [1.165, 1.54) is 0 Å². The molecule has 0 radical (unpaired) electrons. The van der Waals surface area contributed by atoms with Gasteiger partial charge >= 0.3 is 0 Å². The highest BCUT2D eigenvalue weighted by atomic mass is 16.5. The molecule has 0 saturated heterocycles. The summed E-state index contributed by atoms with van der Waals surface area (Å²) in [6.45, 7) is 6.69. The van der Waals surface area contributed by atoms with Gasteiger partial charge in [-0.15, -0.1) is 0 Å². The maximum absolute atomic E-state index is 10.9. The molecule has 2 heterocycles. The molecule has 1 aromatic heterocycles. The molecule has 4 atom stereocenters. The molecule has 10 heteroatoms. The topological polar surface area (TPSA) is 172 Å². The molecule has 0 fully saturated rings. The third-order valence-electron chi connectivity index (χ3n) is 7.02. The lowest BCUT2D eigenvalue weighted by molar-refractivity contribution is -0.368. The van der Waals surface area contributed by atoms with Gasteiger partial charge in [0.05, 0.1) is 49.0 Å². The SMILES string of the molecule is CCC(CC[NH3+])N=C1NC=NC(C)(N)C1C(=N)c1ccc(NC(O)c2cc3cccc(C)c3[nH]2)c(OC)c1. The first-order valence-electron chi connectivity index (χ1n) is 12.9. The quantitative estimate of drug-likeness (QED) is 0.161. The zero-order valence-electron chi connectivity index (χ0n) is 22.5. The highest BCUT2D eigenvalue weighted by Crippen LogP contribution is 2.32. The van der Waals surface area contributed by atoms with Crippen LogP contribution in [0.5, 0.6) is 5.75 Å². The average Bonchev–Trinajstić information content (AvgIpc) is 3.34. The van der Waals surface area contributed by atoms with E-state index in [2.05, 4.69) is 33.3 Å². The number of nitrogens with one attached hydrogen (secondary N) is 4. The Labute approximate surface area is 223 Å². The normalized spacial score (nSPS) is 21.8. The van der Waals surface area contributed by atoms with Gasteiger partial charge in [0.2, 0.25) is 0 Å². The van der Waals surface area contributed by atoms with E-state index in [9.17, 15) is 5.11 Å². The van der Waals surface area contributed by atoms with Crippen molar-refractivity contribution in [3.8, 4) is 5.75 Å². The van der Waals surface area contributed by atoms with Crippen LogP contribution in [0.15, 0.2) is 52.4 Å². The molecule has 1 aliphatic rings. The molecule has 4 unspecified atom stereocenters. The van der Waals surface area contributed by atoms with Crippen LogP contribution in [0.4, 0.5) is 5.69 Å². The van der Waals surface area contributed by atoms with E-state index in [1.807, 2.05) is 37.3 Å². The molecule has 10 N–H and O–H groups in total. The van der Waals surface area contributed by atoms with Crippen LogP contribution >= 0.6 is 0 Å². The van der Waals surface area contributed by atoms with E-state index < -0.39 is 17.8 Å². The maximum atomic E-state index is 10.9. The number of quaternary nitrogens is 1. The third kappa shape index (κ3) is 5.57. The fourth-order valence-electron chi connectivity index (χ4n) is 4.85. The Balaban J connectivity index is 1.61. The Hall–Kier alpha value is -3.73. The Morgan fingerprint density at radius 2 is 2.13 bits per heavy atom. The van der Waals surface area contributed by atoms with Gasteiger partial charge in [0.25, 0.3) is 0 Å². The predicted octanol–water partition coefficient (Wildman–Crippen LogP) is 2.69. The molecular formula is C28H39N8O2+. The van der Waals surface area contributed by atoms with Gasteiger partial charge in [-0.2, -0.15) is 0 Å². The fourth-order valence-corrected chi connectivity index (χ4v) is 4.85. The molecule has 0 spiro atoms. The summed E-state index contributed by atoms with van der Waals surface area (Å²) in [6.07, 6.45) is 2.29. The summed E-state index contributed by atoms with van der Waals surface area (Å²) >= 11 is 0. The molecular weight excluding hydrogens is 480 g/mol. The number of ether oxygens (including phenoxy) is 1. The van der Waals surface area contributed by atoms with Crippen molar-refractivity contribution in [1.82, 2.24) is 10.3 Å². The smallest absolute Gasteiger partial charge is 0.166 e. The molecule has 0 bridgehead atoms. The number of amidine groups is 1. The van der Waals surface area contributed by atoms with Crippen molar-refractivity contribution >= 4 is 34.5 Å². The van der Waals surface area contributed by atoms with E-state index in [0.717, 1.165) is 35.9 Å². The van der Waals surface area contributed by atoms with Gasteiger partial charge in [-0.1, -0.05) is 31.2 Å². The number of aliphatic imine (C=N–C) groups is 2. The number of nitrogens with two attached hydrogens (primary N) is 1. The summed E-state index contributed by atoms with van der Waals surface area (Å²) in [5, 5.41) is 27.3. The van der Waals surface area contributed by atoms with Crippen LogP contribution < -0.4 is 26.8 Å². The molecule has 1 aliphatic heterocycles. The summed E-state index contributed by atoms with van der Waals surface area (Å²) in [5.41, 5.74) is 13.7. The van der Waals surface area contributed by atoms with Crippen LogP contribution in [0.3, 0.4) is 0 Å². The van der Waals surface area contributed by atoms with E-state index in [-0.39, 0.29) is 11.8 Å². The third-order valence-corrected chi connectivity index (χ3v) is 7.02. The van der Waals surface area contributed by atoms with Crippen molar-refractivity contribution in [2.24, 2.45) is 21.6 Å². The Morgan fingerprint density at radius 3 is 2.82 bits per heavy atom. The summed E-state index contributed by atoms with van der Waals surface area (Å²) in [7, 11) is 1.56. The fraction of sp³-hybridized carbons (Fsp3) is 0.393. The highest BCUT2D eigenvalue weighted by Gasteiger charge is 2.40. The zero-order valence-corrected chi connectivity index (χ0v) is 22.5. The number of anilines is 1. The summed E-state index contributed by atoms with van der Waals surface area (Å²) in [5.74, 6) is 0.544. The second-order valence-corrected chi connectivity index (χ2v) is 9.92. The number of aromatic nitrogens is 1. The van der Waals surface area contributed by atoms with Crippen molar-refractivity contribution in [3.63, 3.8) is 0 Å². The van der Waals surface area contributed by atoms with E-state index in [4.69, 9.17) is 20.9 Å². The van der Waals surface area contributed by atoms with Gasteiger partial charge in [-0.25, -0.2) is 0 Å². The lowest BCUT2D eigenvalue weighted by Crippen LogP contribution is -2.57. The number of nitrogens with zero attached hydrogens (tertiary/aromatic N) is 2. The number of hydrogen-bond donors (Lipinski definition) is 7. The number of aliphatic hydroxyl groups is 1. The van der Waals surface area contributed by atoms with Crippen molar-refractivity contribution in [2.45, 2.75) is 51.5 Å². The lowest BCUT2D eigenvalue weighted by atomic mass is 9.84. The van der Waals surface area contributed by atoms with Gasteiger partial charge in [0.15, 0.2) is 6.23 Å². The molecule has 2 aromatic carbocycles. The number of aromatic amines is 1. The van der Waals surface area contributed by atoms with Crippen molar-refractivity contribution < 1.29 is 15.6 Å². The molecule has 0 saturated carbocycles. The first-order chi connectivity index (χ1) is 18.2. The largest absolute Gasteiger partial charge is 0.495 e. The van der Waals surface area contributed by atoms with Gasteiger partial charge in [0.1, 0.15) is 17.2 Å². The average molecular weight is 520 g/mol. The number of methoxy groups -OCH3 is 1. The molecule has 10 nitrogen and oxygen atoms in total. The minimum Gasteiger partial charge on any atom is -0.495 e. The highest BCUT2D eigenvalue weighted by molar-refractivity contribution is 6.17. The van der Waals surface area contributed by atoms with Gasteiger partial charge < -0.3 is 42.3 Å². The zero-order chi connectivity index (χ0) is 27.4. The van der Waals surface area contributed by atoms with Gasteiger partial charge in [0, 0.05) is 17.3 Å². The Morgan fingerprint density at radius 1 is 1.34 bits per heavy atom. The summed E-state index contributed by atoms with van der Waals surface area (Å²) in [6, 6.07) is 13.4. The molecule has 0 amide bonds. The van der Waals surface area contributed by atoms with Crippen LogP contribution in [-0.2, 0) is 0 Å². The van der Waals surface area contributed by atoms with Crippen LogP contribution in [0.1, 0.15) is 49.7 Å². The van der Waals surface area contributed by atoms with Crippen LogP contribution in [0, 0.1) is 18.3 Å².